The lowest BCUT2D eigenvalue weighted by Gasteiger charge is -2.16. The molecule has 0 heterocycles. The number of amides is 1. The van der Waals surface area contributed by atoms with Crippen LogP contribution in [0.5, 0.6) is 0 Å². The number of nitrogen functional groups attached to an aromatic ring is 1. The summed E-state index contributed by atoms with van der Waals surface area (Å²) in [5.41, 5.74) is 6.20. The molecule has 1 aromatic carbocycles. The summed E-state index contributed by atoms with van der Waals surface area (Å²) >= 11 is 5.82. The van der Waals surface area contributed by atoms with E-state index in [2.05, 4.69) is 5.32 Å². The monoisotopic (exact) mass is 284 g/mol. The number of benzene rings is 1. The Balaban J connectivity index is 2.81. The van der Waals surface area contributed by atoms with Crippen LogP contribution in [-0.4, -0.2) is 23.0 Å². The van der Waals surface area contributed by atoms with Gasteiger partial charge in [-0.3, -0.25) is 4.79 Å². The van der Waals surface area contributed by atoms with Crippen LogP contribution in [-0.2, 0) is 4.79 Å². The number of aliphatic carboxylic acids is 1. The minimum Gasteiger partial charge on any atom is -0.480 e. The zero-order valence-electron chi connectivity index (χ0n) is 10.8. The smallest absolute Gasteiger partial charge is 0.326 e. The van der Waals surface area contributed by atoms with Gasteiger partial charge in [-0.2, -0.15) is 0 Å². The predicted molar refractivity (Wildman–Crippen MR) is 74.2 cm³/mol. The number of carbonyl (C=O) groups excluding carboxylic acids is 1. The minimum absolute atomic E-state index is 0.163. The Morgan fingerprint density at radius 2 is 2.05 bits per heavy atom. The highest BCUT2D eigenvalue weighted by molar-refractivity contribution is 6.33. The number of nitrogens with two attached hydrogens (primary N) is 1. The molecule has 1 unspecified atom stereocenters. The maximum absolute atomic E-state index is 11.9. The molecule has 0 aliphatic heterocycles. The molecule has 0 saturated carbocycles. The van der Waals surface area contributed by atoms with Crippen molar-refractivity contribution >= 4 is 29.2 Å². The van der Waals surface area contributed by atoms with Crippen molar-refractivity contribution in [3.63, 3.8) is 0 Å². The minimum atomic E-state index is -1.05. The highest BCUT2D eigenvalue weighted by Crippen LogP contribution is 2.19. The summed E-state index contributed by atoms with van der Waals surface area (Å²) in [6.45, 7) is 3.78. The number of nitrogens with one attached hydrogen (secondary N) is 1. The molecule has 19 heavy (non-hydrogen) atoms. The molecule has 0 bridgehead atoms. The summed E-state index contributed by atoms with van der Waals surface area (Å²) < 4.78 is 0. The molecule has 104 valence electrons. The van der Waals surface area contributed by atoms with Crippen LogP contribution in [0.1, 0.15) is 30.6 Å². The lowest BCUT2D eigenvalue weighted by atomic mass is 10.0. The maximum atomic E-state index is 11.9. The normalized spacial score (nSPS) is 12.2. The van der Waals surface area contributed by atoms with Gasteiger partial charge >= 0.3 is 5.97 Å². The van der Waals surface area contributed by atoms with Crippen molar-refractivity contribution in [1.82, 2.24) is 5.32 Å². The first kappa shape index (κ1) is 15.3. The Morgan fingerprint density at radius 3 is 2.53 bits per heavy atom. The van der Waals surface area contributed by atoms with Crippen LogP contribution in [0.25, 0.3) is 0 Å². The van der Waals surface area contributed by atoms with E-state index in [0.29, 0.717) is 12.1 Å². The highest BCUT2D eigenvalue weighted by Gasteiger charge is 2.21. The fraction of sp³-hybridized carbons (Fsp3) is 0.385. The fourth-order valence-electron chi connectivity index (χ4n) is 1.60. The third kappa shape index (κ3) is 4.44. The third-order valence-corrected chi connectivity index (χ3v) is 2.90. The van der Waals surface area contributed by atoms with E-state index in [4.69, 9.17) is 22.4 Å². The molecule has 0 spiro atoms. The van der Waals surface area contributed by atoms with Gasteiger partial charge in [0.15, 0.2) is 0 Å². The van der Waals surface area contributed by atoms with Gasteiger partial charge in [-0.1, -0.05) is 25.4 Å². The average molecular weight is 285 g/mol. The quantitative estimate of drug-likeness (QED) is 0.722. The van der Waals surface area contributed by atoms with E-state index < -0.39 is 17.9 Å². The first-order valence-electron chi connectivity index (χ1n) is 5.90. The predicted octanol–water partition coefficient (Wildman–Crippen LogP) is 2.15. The van der Waals surface area contributed by atoms with E-state index in [1.54, 1.807) is 0 Å². The van der Waals surface area contributed by atoms with Gasteiger partial charge in [0, 0.05) is 5.56 Å². The molecular weight excluding hydrogens is 268 g/mol. The van der Waals surface area contributed by atoms with Crippen LogP contribution >= 0.6 is 11.6 Å². The van der Waals surface area contributed by atoms with Gasteiger partial charge < -0.3 is 16.2 Å². The van der Waals surface area contributed by atoms with E-state index in [1.165, 1.54) is 18.2 Å². The molecule has 0 aromatic heterocycles. The van der Waals surface area contributed by atoms with Crippen LogP contribution in [0.15, 0.2) is 18.2 Å². The number of hydrogen-bond acceptors (Lipinski definition) is 3. The average Bonchev–Trinajstić information content (AvgIpc) is 2.31. The van der Waals surface area contributed by atoms with Gasteiger partial charge in [-0.25, -0.2) is 4.79 Å². The molecule has 6 heteroatoms. The van der Waals surface area contributed by atoms with Crippen molar-refractivity contribution < 1.29 is 14.7 Å². The molecule has 1 amide bonds. The first-order chi connectivity index (χ1) is 8.81. The second-order valence-electron chi connectivity index (χ2n) is 4.73. The SMILES string of the molecule is CC(C)CC(NC(=O)c1ccc(N)c(Cl)c1)C(=O)O. The fourth-order valence-corrected chi connectivity index (χ4v) is 1.78. The standard InChI is InChI=1S/C13H17ClN2O3/c1-7(2)5-11(13(18)19)16-12(17)8-3-4-10(15)9(14)6-8/h3-4,6-7,11H,5,15H2,1-2H3,(H,16,17)(H,18,19). The molecule has 0 aliphatic carbocycles. The zero-order valence-corrected chi connectivity index (χ0v) is 11.6. The number of carboxylic acid groups (broad SMARTS) is 1. The molecule has 0 radical (unpaired) electrons. The van der Waals surface area contributed by atoms with Crippen LogP contribution < -0.4 is 11.1 Å². The van der Waals surface area contributed by atoms with E-state index in [9.17, 15) is 9.59 Å². The zero-order chi connectivity index (χ0) is 14.6. The molecule has 4 N–H and O–H groups in total. The Kier molecular flexibility index (Phi) is 5.18. The van der Waals surface area contributed by atoms with Gasteiger partial charge in [0.25, 0.3) is 5.91 Å². The number of rotatable bonds is 5. The number of carbonyl (C=O) groups is 2. The van der Waals surface area contributed by atoms with Gasteiger partial charge in [-0.15, -0.1) is 0 Å². The van der Waals surface area contributed by atoms with E-state index in [0.717, 1.165) is 0 Å². The van der Waals surface area contributed by atoms with E-state index in [1.807, 2.05) is 13.8 Å². The Labute approximate surface area is 116 Å². The van der Waals surface area contributed by atoms with Crippen molar-refractivity contribution in [1.29, 1.82) is 0 Å². The van der Waals surface area contributed by atoms with Crippen molar-refractivity contribution in [2.45, 2.75) is 26.3 Å². The molecule has 0 fully saturated rings. The maximum Gasteiger partial charge on any atom is 0.326 e. The molecule has 5 nitrogen and oxygen atoms in total. The molecule has 0 saturated heterocycles. The number of carboxylic acids is 1. The Bertz CT molecular complexity index is 489. The Hall–Kier alpha value is -1.75. The number of anilines is 1. The molecule has 0 aliphatic rings. The summed E-state index contributed by atoms with van der Waals surface area (Å²) in [5.74, 6) is -1.37. The van der Waals surface area contributed by atoms with Gasteiger partial charge in [-0.05, 0) is 30.5 Å². The number of hydrogen-bond donors (Lipinski definition) is 3. The second-order valence-corrected chi connectivity index (χ2v) is 5.14. The molecule has 1 atom stereocenters. The lowest BCUT2D eigenvalue weighted by Crippen LogP contribution is -2.41. The molecular formula is C13H17ClN2O3. The van der Waals surface area contributed by atoms with Gasteiger partial charge in [0.05, 0.1) is 10.7 Å². The summed E-state index contributed by atoms with van der Waals surface area (Å²) in [5, 5.41) is 11.8. The van der Waals surface area contributed by atoms with Gasteiger partial charge in [0.1, 0.15) is 6.04 Å². The van der Waals surface area contributed by atoms with Crippen LogP contribution in [0.4, 0.5) is 5.69 Å². The van der Waals surface area contributed by atoms with E-state index in [-0.39, 0.29) is 16.5 Å². The van der Waals surface area contributed by atoms with Crippen LogP contribution in [0.2, 0.25) is 5.02 Å². The van der Waals surface area contributed by atoms with Crippen molar-refractivity contribution in [3.05, 3.63) is 28.8 Å². The number of halogens is 1. The summed E-state index contributed by atoms with van der Waals surface area (Å²) in [6, 6.07) is 3.52. The molecule has 1 rings (SSSR count). The van der Waals surface area contributed by atoms with Crippen LogP contribution in [0, 0.1) is 5.92 Å². The largest absolute Gasteiger partial charge is 0.480 e. The van der Waals surface area contributed by atoms with Crippen LogP contribution in [0.3, 0.4) is 0 Å². The second kappa shape index (κ2) is 6.43. The third-order valence-electron chi connectivity index (χ3n) is 2.57. The lowest BCUT2D eigenvalue weighted by molar-refractivity contribution is -0.139. The summed E-state index contributed by atoms with van der Waals surface area (Å²) in [6.07, 6.45) is 0.365. The van der Waals surface area contributed by atoms with Gasteiger partial charge in [0.2, 0.25) is 0 Å². The highest BCUT2D eigenvalue weighted by atomic mass is 35.5. The van der Waals surface area contributed by atoms with E-state index >= 15 is 0 Å². The summed E-state index contributed by atoms with van der Waals surface area (Å²) in [4.78, 5) is 23.0. The van der Waals surface area contributed by atoms with Crippen molar-refractivity contribution in [2.24, 2.45) is 5.92 Å². The topological polar surface area (TPSA) is 92.4 Å². The van der Waals surface area contributed by atoms with Crippen molar-refractivity contribution in [3.8, 4) is 0 Å². The summed E-state index contributed by atoms with van der Waals surface area (Å²) in [7, 11) is 0. The molecule has 1 aromatic rings. The Morgan fingerprint density at radius 1 is 1.42 bits per heavy atom. The first-order valence-corrected chi connectivity index (χ1v) is 6.27. The van der Waals surface area contributed by atoms with Crippen molar-refractivity contribution in [2.75, 3.05) is 5.73 Å².